The van der Waals surface area contributed by atoms with Gasteiger partial charge in [-0.25, -0.2) is 0 Å². The summed E-state index contributed by atoms with van der Waals surface area (Å²) in [6, 6.07) is 1.44. The molecule has 0 atom stereocenters. The van der Waals surface area contributed by atoms with E-state index in [1.807, 2.05) is 0 Å². The number of ether oxygens (including phenoxy) is 2. The molecule has 0 heterocycles. The van der Waals surface area contributed by atoms with Crippen LogP contribution in [0.1, 0.15) is 5.56 Å². The molecule has 0 bridgehead atoms. The van der Waals surface area contributed by atoms with E-state index < -0.39 is 11.6 Å². The first-order valence-corrected chi connectivity index (χ1v) is 4.38. The third-order valence-corrected chi connectivity index (χ3v) is 2.05. The van der Waals surface area contributed by atoms with Crippen LogP contribution < -0.4 is 9.47 Å². The average Bonchev–Trinajstić information content (AvgIpc) is 2.24. The number of aromatic hydroxyl groups is 1. The zero-order valence-corrected chi connectivity index (χ0v) is 8.58. The number of phenolic OH excluding ortho intramolecular Hbond substituents is 1. The van der Waals surface area contributed by atoms with Gasteiger partial charge in [0.1, 0.15) is 0 Å². The molecule has 4 nitrogen and oxygen atoms in total. The van der Waals surface area contributed by atoms with Crippen molar-refractivity contribution in [2.45, 2.75) is 6.42 Å². The van der Waals surface area contributed by atoms with Crippen LogP contribution in [0.15, 0.2) is 6.07 Å². The molecule has 0 radical (unpaired) electrons. The summed E-state index contributed by atoms with van der Waals surface area (Å²) in [5.41, 5.74) is 0.285. The summed E-state index contributed by atoms with van der Waals surface area (Å²) < 4.78 is 23.2. The van der Waals surface area contributed by atoms with E-state index in [4.69, 9.17) is 14.6 Å². The van der Waals surface area contributed by atoms with Gasteiger partial charge in [0, 0.05) is 12.2 Å². The van der Waals surface area contributed by atoms with E-state index in [1.54, 1.807) is 0 Å². The molecule has 1 aromatic carbocycles. The van der Waals surface area contributed by atoms with Gasteiger partial charge in [-0.3, -0.25) is 0 Å². The topological polar surface area (TPSA) is 58.9 Å². The lowest BCUT2D eigenvalue weighted by Crippen LogP contribution is -1.99. The number of halogens is 1. The number of hydrogen-bond acceptors (Lipinski definition) is 4. The lowest BCUT2D eigenvalue weighted by Gasteiger charge is -2.12. The first-order chi connectivity index (χ1) is 7.15. The number of aliphatic hydroxyl groups excluding tert-OH is 1. The second kappa shape index (κ2) is 4.84. The minimum Gasteiger partial charge on any atom is -0.505 e. The minimum absolute atomic E-state index is 0.142. The molecule has 1 aromatic rings. The van der Waals surface area contributed by atoms with Crippen LogP contribution in [0.5, 0.6) is 17.2 Å². The van der Waals surface area contributed by atoms with Crippen molar-refractivity contribution in [3.05, 3.63) is 17.4 Å². The van der Waals surface area contributed by atoms with Crippen molar-refractivity contribution in [3.8, 4) is 17.2 Å². The number of hydrogen-bond donors (Lipinski definition) is 2. The fourth-order valence-electron chi connectivity index (χ4n) is 1.30. The maximum Gasteiger partial charge on any atom is 0.210 e. The molecule has 5 heteroatoms. The van der Waals surface area contributed by atoms with Crippen LogP contribution >= 0.6 is 0 Å². The van der Waals surface area contributed by atoms with Crippen molar-refractivity contribution in [1.82, 2.24) is 0 Å². The first-order valence-electron chi connectivity index (χ1n) is 4.38. The standard InChI is InChI=1S/C10H13FO4/c1-14-7-5-6(3-4-12)9(13)8(11)10(7)15-2/h5,12-13H,3-4H2,1-2H3. The predicted molar refractivity (Wildman–Crippen MR) is 52.0 cm³/mol. The van der Waals surface area contributed by atoms with E-state index in [2.05, 4.69) is 0 Å². The molecule has 84 valence electrons. The summed E-state index contributed by atoms with van der Waals surface area (Å²) in [6.07, 6.45) is 0.156. The van der Waals surface area contributed by atoms with Crippen molar-refractivity contribution in [2.24, 2.45) is 0 Å². The molecule has 0 unspecified atom stereocenters. The van der Waals surface area contributed by atoms with Crippen LogP contribution in [-0.2, 0) is 6.42 Å². The average molecular weight is 216 g/mol. The Kier molecular flexibility index (Phi) is 3.74. The van der Waals surface area contributed by atoms with Crippen LogP contribution in [0.3, 0.4) is 0 Å². The Hall–Kier alpha value is -1.49. The van der Waals surface area contributed by atoms with Crippen molar-refractivity contribution in [1.29, 1.82) is 0 Å². The van der Waals surface area contributed by atoms with Gasteiger partial charge in [-0.1, -0.05) is 0 Å². The molecule has 0 aliphatic carbocycles. The Balaban J connectivity index is 3.29. The predicted octanol–water partition coefficient (Wildman–Crippen LogP) is 1.08. The SMILES string of the molecule is COc1cc(CCO)c(O)c(F)c1OC. The third kappa shape index (κ3) is 2.12. The molecule has 1 rings (SSSR count). The second-order valence-corrected chi connectivity index (χ2v) is 2.91. The summed E-state index contributed by atoms with van der Waals surface area (Å²) in [6.45, 7) is -0.178. The molecular formula is C10H13FO4. The highest BCUT2D eigenvalue weighted by Crippen LogP contribution is 2.38. The Labute approximate surface area is 86.9 Å². The quantitative estimate of drug-likeness (QED) is 0.790. The van der Waals surface area contributed by atoms with Crippen LogP contribution in [-0.4, -0.2) is 31.0 Å². The van der Waals surface area contributed by atoms with Crippen molar-refractivity contribution < 1.29 is 24.1 Å². The number of methoxy groups -OCH3 is 2. The highest BCUT2D eigenvalue weighted by Gasteiger charge is 2.18. The molecular weight excluding hydrogens is 203 g/mol. The molecule has 0 fully saturated rings. The molecule has 0 saturated carbocycles. The van der Waals surface area contributed by atoms with Gasteiger partial charge in [0.25, 0.3) is 0 Å². The largest absolute Gasteiger partial charge is 0.505 e. The molecule has 0 aromatic heterocycles. The van der Waals surface area contributed by atoms with Crippen LogP contribution in [0, 0.1) is 5.82 Å². The minimum atomic E-state index is -0.875. The second-order valence-electron chi connectivity index (χ2n) is 2.91. The number of benzene rings is 1. The van der Waals surface area contributed by atoms with E-state index in [0.717, 1.165) is 0 Å². The first kappa shape index (κ1) is 11.6. The van der Waals surface area contributed by atoms with E-state index in [1.165, 1.54) is 20.3 Å². The molecule has 0 aliphatic heterocycles. The zero-order chi connectivity index (χ0) is 11.4. The number of aliphatic hydroxyl groups is 1. The van der Waals surface area contributed by atoms with Gasteiger partial charge in [0.15, 0.2) is 11.5 Å². The summed E-state index contributed by atoms with van der Waals surface area (Å²) in [7, 11) is 2.66. The molecule has 2 N–H and O–H groups in total. The normalized spacial score (nSPS) is 10.1. The Bertz CT molecular complexity index is 352. The van der Waals surface area contributed by atoms with E-state index in [-0.39, 0.29) is 30.1 Å². The van der Waals surface area contributed by atoms with Gasteiger partial charge in [0.05, 0.1) is 14.2 Å². The van der Waals surface area contributed by atoms with E-state index in [0.29, 0.717) is 0 Å². The van der Waals surface area contributed by atoms with Gasteiger partial charge in [-0.05, 0) is 12.5 Å². The zero-order valence-electron chi connectivity index (χ0n) is 8.58. The Morgan fingerprint density at radius 1 is 1.33 bits per heavy atom. The highest BCUT2D eigenvalue weighted by molar-refractivity contribution is 5.51. The van der Waals surface area contributed by atoms with Crippen LogP contribution in [0.25, 0.3) is 0 Å². The molecule has 0 aliphatic rings. The van der Waals surface area contributed by atoms with Crippen molar-refractivity contribution in [3.63, 3.8) is 0 Å². The molecule has 0 saturated heterocycles. The summed E-state index contributed by atoms with van der Waals surface area (Å²) in [4.78, 5) is 0. The maximum absolute atomic E-state index is 13.5. The van der Waals surface area contributed by atoms with Gasteiger partial charge >= 0.3 is 0 Å². The smallest absolute Gasteiger partial charge is 0.210 e. The fraction of sp³-hybridized carbons (Fsp3) is 0.400. The molecule has 0 amide bonds. The molecule has 15 heavy (non-hydrogen) atoms. The van der Waals surface area contributed by atoms with E-state index in [9.17, 15) is 9.50 Å². The van der Waals surface area contributed by atoms with Crippen molar-refractivity contribution >= 4 is 0 Å². The number of rotatable bonds is 4. The summed E-state index contributed by atoms with van der Waals surface area (Å²) in [5, 5.41) is 18.2. The number of phenols is 1. The van der Waals surface area contributed by atoms with Crippen molar-refractivity contribution in [2.75, 3.05) is 20.8 Å². The fourth-order valence-corrected chi connectivity index (χ4v) is 1.30. The summed E-state index contributed by atoms with van der Waals surface area (Å²) in [5.74, 6) is -1.34. The third-order valence-electron chi connectivity index (χ3n) is 2.05. The Morgan fingerprint density at radius 3 is 2.47 bits per heavy atom. The van der Waals surface area contributed by atoms with Crippen LogP contribution in [0.4, 0.5) is 4.39 Å². The van der Waals surface area contributed by atoms with E-state index >= 15 is 0 Å². The summed E-state index contributed by atoms with van der Waals surface area (Å²) >= 11 is 0. The van der Waals surface area contributed by atoms with Gasteiger partial charge in [-0.15, -0.1) is 0 Å². The maximum atomic E-state index is 13.5. The lowest BCUT2D eigenvalue weighted by atomic mass is 10.1. The van der Waals surface area contributed by atoms with Gasteiger partial charge < -0.3 is 19.7 Å². The highest BCUT2D eigenvalue weighted by atomic mass is 19.1. The van der Waals surface area contributed by atoms with Gasteiger partial charge in [-0.2, -0.15) is 4.39 Å². The van der Waals surface area contributed by atoms with Crippen LogP contribution in [0.2, 0.25) is 0 Å². The van der Waals surface area contributed by atoms with Gasteiger partial charge in [0.2, 0.25) is 11.6 Å². The Morgan fingerprint density at radius 2 is 2.00 bits per heavy atom. The lowest BCUT2D eigenvalue weighted by molar-refractivity contribution is 0.293. The molecule has 0 spiro atoms. The monoisotopic (exact) mass is 216 g/mol.